The lowest BCUT2D eigenvalue weighted by atomic mass is 10.0. The van der Waals surface area contributed by atoms with E-state index in [2.05, 4.69) is 26.8 Å². The first-order valence-electron chi connectivity index (χ1n) is 8.84. The van der Waals surface area contributed by atoms with E-state index in [9.17, 15) is 0 Å². The van der Waals surface area contributed by atoms with Gasteiger partial charge in [0.25, 0.3) is 0 Å². The molecule has 1 aromatic heterocycles. The van der Waals surface area contributed by atoms with Crippen LogP contribution in [0.2, 0.25) is 10.0 Å². The Bertz CT molecular complexity index is 732. The van der Waals surface area contributed by atoms with Crippen molar-refractivity contribution < 1.29 is 0 Å². The van der Waals surface area contributed by atoms with Crippen molar-refractivity contribution in [3.8, 4) is 0 Å². The van der Waals surface area contributed by atoms with Crippen molar-refractivity contribution >= 4 is 35.0 Å². The Morgan fingerprint density at radius 2 is 1.88 bits per heavy atom. The summed E-state index contributed by atoms with van der Waals surface area (Å²) in [6.07, 6.45) is 4.07. The average Bonchev–Trinajstić information content (AvgIpc) is 2.64. The highest BCUT2D eigenvalue weighted by molar-refractivity contribution is 6.35. The Labute approximate surface area is 165 Å². The molecule has 0 saturated carbocycles. The van der Waals surface area contributed by atoms with Crippen molar-refractivity contribution in [2.24, 2.45) is 0 Å². The van der Waals surface area contributed by atoms with Gasteiger partial charge in [-0.2, -0.15) is 4.98 Å². The highest BCUT2D eigenvalue weighted by atomic mass is 35.5. The van der Waals surface area contributed by atoms with Crippen LogP contribution >= 0.6 is 23.2 Å². The average molecular weight is 394 g/mol. The Kier molecular flexibility index (Phi) is 6.22. The number of likely N-dealkylation sites (tertiary alicyclic amines) is 1. The van der Waals surface area contributed by atoms with Crippen molar-refractivity contribution in [3.63, 3.8) is 0 Å². The summed E-state index contributed by atoms with van der Waals surface area (Å²) in [5, 5.41) is 1.46. The summed E-state index contributed by atoms with van der Waals surface area (Å²) in [5.41, 5.74) is 1.00. The van der Waals surface area contributed by atoms with E-state index in [4.69, 9.17) is 23.2 Å². The Hall–Kier alpha value is -1.56. The fraction of sp³-hybridized carbons (Fsp3) is 0.474. The van der Waals surface area contributed by atoms with Gasteiger partial charge >= 0.3 is 0 Å². The fourth-order valence-corrected chi connectivity index (χ4v) is 3.84. The predicted molar refractivity (Wildman–Crippen MR) is 110 cm³/mol. The van der Waals surface area contributed by atoms with E-state index in [1.165, 1.54) is 0 Å². The van der Waals surface area contributed by atoms with Gasteiger partial charge in [-0.1, -0.05) is 29.3 Å². The molecular weight excluding hydrogens is 369 g/mol. The number of hydrogen-bond acceptors (Lipinski definition) is 5. The molecule has 0 spiro atoms. The zero-order valence-corrected chi connectivity index (χ0v) is 17.0. The molecule has 2 heterocycles. The zero-order chi connectivity index (χ0) is 18.7. The Balaban J connectivity index is 1.71. The van der Waals surface area contributed by atoms with Crippen molar-refractivity contribution in [2.75, 3.05) is 44.0 Å². The van der Waals surface area contributed by atoms with Gasteiger partial charge in [0.15, 0.2) is 0 Å². The van der Waals surface area contributed by atoms with E-state index in [0.717, 1.165) is 59.9 Å². The number of hydrogen-bond donors (Lipinski definition) is 0. The van der Waals surface area contributed by atoms with E-state index in [1.54, 1.807) is 0 Å². The lowest BCUT2D eigenvalue weighted by molar-refractivity contribution is 0.198. The second-order valence-corrected chi connectivity index (χ2v) is 7.77. The number of rotatable bonds is 5. The molecule has 0 radical (unpaired) electrons. The molecule has 0 aliphatic carbocycles. The van der Waals surface area contributed by atoms with Gasteiger partial charge < -0.3 is 9.80 Å². The molecule has 1 aromatic carbocycles. The first-order chi connectivity index (χ1) is 12.5. The van der Waals surface area contributed by atoms with Crippen LogP contribution in [0.4, 0.5) is 11.8 Å². The number of aromatic nitrogens is 2. The number of likely N-dealkylation sites (N-methyl/N-ethyl adjacent to an activating group) is 1. The molecule has 26 heavy (non-hydrogen) atoms. The summed E-state index contributed by atoms with van der Waals surface area (Å²) in [6, 6.07) is 7.97. The number of piperidine rings is 1. The monoisotopic (exact) mass is 393 g/mol. The van der Waals surface area contributed by atoms with Crippen LogP contribution in [0.15, 0.2) is 30.5 Å². The molecule has 1 unspecified atom stereocenters. The number of benzene rings is 1. The van der Waals surface area contributed by atoms with Crippen molar-refractivity contribution in [1.82, 2.24) is 14.9 Å². The minimum absolute atomic E-state index is 0.363. The smallest absolute Gasteiger partial charge is 0.227 e. The quantitative estimate of drug-likeness (QED) is 0.768. The molecule has 0 bridgehead atoms. The maximum atomic E-state index is 6.34. The first kappa shape index (κ1) is 19.2. The third-order valence-corrected chi connectivity index (χ3v) is 5.58. The summed E-state index contributed by atoms with van der Waals surface area (Å²) in [4.78, 5) is 15.7. The fourth-order valence-electron chi connectivity index (χ4n) is 3.32. The molecule has 0 N–H and O–H groups in total. The molecule has 1 fully saturated rings. The molecule has 1 atom stereocenters. The zero-order valence-electron chi connectivity index (χ0n) is 15.5. The molecule has 3 rings (SSSR count). The molecule has 2 aromatic rings. The van der Waals surface area contributed by atoms with Crippen molar-refractivity contribution in [3.05, 3.63) is 46.1 Å². The van der Waals surface area contributed by atoms with Crippen LogP contribution in [0.5, 0.6) is 0 Å². The lowest BCUT2D eigenvalue weighted by Gasteiger charge is -2.38. The van der Waals surface area contributed by atoms with E-state index < -0.39 is 0 Å². The molecule has 5 nitrogen and oxygen atoms in total. The van der Waals surface area contributed by atoms with Crippen LogP contribution in [-0.2, 0) is 6.54 Å². The molecule has 140 valence electrons. The maximum absolute atomic E-state index is 6.34. The summed E-state index contributed by atoms with van der Waals surface area (Å²) in [5.74, 6) is 1.68. The minimum Gasteiger partial charge on any atom is -0.363 e. The Morgan fingerprint density at radius 3 is 2.58 bits per heavy atom. The third kappa shape index (κ3) is 4.40. The molecule has 1 saturated heterocycles. The van der Waals surface area contributed by atoms with E-state index in [-0.39, 0.29) is 0 Å². The summed E-state index contributed by atoms with van der Waals surface area (Å²) < 4.78 is 0. The van der Waals surface area contributed by atoms with Crippen LogP contribution < -0.4 is 9.80 Å². The summed E-state index contributed by atoms with van der Waals surface area (Å²) in [6.45, 7) is 2.75. The number of nitrogens with zero attached hydrogens (tertiary/aromatic N) is 5. The van der Waals surface area contributed by atoms with Crippen molar-refractivity contribution in [1.29, 1.82) is 0 Å². The normalized spacial score (nSPS) is 18.0. The minimum atomic E-state index is 0.363. The lowest BCUT2D eigenvalue weighted by Crippen LogP contribution is -2.46. The van der Waals surface area contributed by atoms with Crippen LogP contribution in [0.1, 0.15) is 18.4 Å². The molecular formula is C19H25Cl2N5. The van der Waals surface area contributed by atoms with Crippen LogP contribution in [0.25, 0.3) is 0 Å². The highest BCUT2D eigenvalue weighted by Gasteiger charge is 2.25. The summed E-state index contributed by atoms with van der Waals surface area (Å²) in [7, 11) is 6.05. The third-order valence-electron chi connectivity index (χ3n) is 4.87. The molecule has 1 aliphatic heterocycles. The second-order valence-electron chi connectivity index (χ2n) is 6.95. The number of halogens is 2. The Morgan fingerprint density at radius 1 is 1.15 bits per heavy atom. The van der Waals surface area contributed by atoms with Crippen LogP contribution in [-0.4, -0.2) is 55.1 Å². The van der Waals surface area contributed by atoms with E-state index >= 15 is 0 Å². The largest absolute Gasteiger partial charge is 0.363 e. The van der Waals surface area contributed by atoms with Gasteiger partial charge in [-0.05, 0) is 37.6 Å². The standard InChI is InChI=1S/C19H25Cl2N5/c1-24(2)18-9-10-22-19(23-18)25(3)14-6-5-11-26(12-14)13-15-16(20)7-4-8-17(15)21/h4,7-10,14H,5-6,11-13H2,1-3H3. The van der Waals surface area contributed by atoms with Crippen LogP contribution in [0.3, 0.4) is 0 Å². The number of anilines is 2. The molecule has 7 heteroatoms. The van der Waals surface area contributed by atoms with Gasteiger partial charge in [-0.25, -0.2) is 4.98 Å². The second kappa shape index (κ2) is 8.42. The van der Waals surface area contributed by atoms with Gasteiger partial charge in [-0.15, -0.1) is 0 Å². The van der Waals surface area contributed by atoms with Gasteiger partial charge in [-0.3, -0.25) is 4.90 Å². The molecule has 0 amide bonds. The highest BCUT2D eigenvalue weighted by Crippen LogP contribution is 2.28. The topological polar surface area (TPSA) is 35.5 Å². The summed E-state index contributed by atoms with van der Waals surface area (Å²) >= 11 is 12.7. The molecule has 1 aliphatic rings. The van der Waals surface area contributed by atoms with Gasteiger partial charge in [0, 0.05) is 62.1 Å². The predicted octanol–water partition coefficient (Wildman–Crippen LogP) is 3.95. The first-order valence-corrected chi connectivity index (χ1v) is 9.59. The van der Waals surface area contributed by atoms with E-state index in [1.807, 2.05) is 49.5 Å². The van der Waals surface area contributed by atoms with E-state index in [0.29, 0.717) is 6.04 Å². The van der Waals surface area contributed by atoms with Gasteiger partial charge in [0.2, 0.25) is 5.95 Å². The van der Waals surface area contributed by atoms with Gasteiger partial charge in [0.1, 0.15) is 5.82 Å². The van der Waals surface area contributed by atoms with Crippen molar-refractivity contribution in [2.45, 2.75) is 25.4 Å². The maximum Gasteiger partial charge on any atom is 0.227 e. The SMILES string of the molecule is CN(C)c1ccnc(N(C)C2CCCN(Cc3c(Cl)cccc3Cl)C2)n1. The van der Waals surface area contributed by atoms with Gasteiger partial charge in [0.05, 0.1) is 0 Å². The van der Waals surface area contributed by atoms with Crippen LogP contribution in [0, 0.1) is 0 Å².